The molecule has 0 aromatic heterocycles. The predicted octanol–water partition coefficient (Wildman–Crippen LogP) is 0.567. The Morgan fingerprint density at radius 3 is 2.67 bits per heavy atom. The first kappa shape index (κ1) is 9.12. The number of thiocarbonyl (C=S) groups is 1. The molecule has 0 N–H and O–H groups in total. The standard InChI is InChI=1S/C7H10N2O2S/c1-4-8-6(11-5(2)10)7(12)9(4)3/h4H,1-3H3. The number of hydrogen-bond acceptors (Lipinski definition) is 4. The number of carbonyl (C=O) groups excluding carboxylic acids is 1. The lowest BCUT2D eigenvalue weighted by atomic mass is 10.5. The average molecular weight is 186 g/mol. The highest BCUT2D eigenvalue weighted by Crippen LogP contribution is 2.10. The molecule has 0 bridgehead atoms. The van der Waals surface area contributed by atoms with E-state index in [1.807, 2.05) is 14.0 Å². The maximum atomic E-state index is 10.6. The quantitative estimate of drug-likeness (QED) is 0.409. The SMILES string of the molecule is CC(=O)OC1=NC(C)N(C)C1=S. The van der Waals surface area contributed by atoms with Crippen LogP contribution in [0.15, 0.2) is 4.99 Å². The number of rotatable bonds is 0. The third kappa shape index (κ3) is 1.61. The van der Waals surface area contributed by atoms with Gasteiger partial charge in [0.15, 0.2) is 4.99 Å². The fraction of sp³-hybridized carbons (Fsp3) is 0.571. The Kier molecular flexibility index (Phi) is 2.42. The van der Waals surface area contributed by atoms with E-state index < -0.39 is 5.97 Å². The molecule has 0 saturated heterocycles. The molecule has 0 radical (unpaired) electrons. The maximum absolute atomic E-state index is 10.6. The second kappa shape index (κ2) is 3.18. The van der Waals surface area contributed by atoms with Gasteiger partial charge in [0, 0.05) is 14.0 Å². The van der Waals surface area contributed by atoms with Crippen molar-refractivity contribution in [2.45, 2.75) is 20.0 Å². The summed E-state index contributed by atoms with van der Waals surface area (Å²) in [6.07, 6.45) is -0.0353. The molecule has 0 aromatic rings. The van der Waals surface area contributed by atoms with E-state index in [4.69, 9.17) is 17.0 Å². The van der Waals surface area contributed by atoms with Crippen molar-refractivity contribution >= 4 is 29.1 Å². The Balaban J connectivity index is 2.73. The molecule has 5 heteroatoms. The second-order valence-corrected chi connectivity index (χ2v) is 2.96. The molecule has 0 aliphatic carbocycles. The minimum absolute atomic E-state index is 0.0353. The molecular formula is C7H10N2O2S. The van der Waals surface area contributed by atoms with Crippen LogP contribution in [0.3, 0.4) is 0 Å². The first-order valence-corrected chi connectivity index (χ1v) is 3.96. The minimum atomic E-state index is -0.390. The van der Waals surface area contributed by atoms with Crippen molar-refractivity contribution < 1.29 is 9.53 Å². The fourth-order valence-corrected chi connectivity index (χ4v) is 1.09. The van der Waals surface area contributed by atoms with E-state index in [-0.39, 0.29) is 12.1 Å². The highest BCUT2D eigenvalue weighted by atomic mass is 32.1. The summed E-state index contributed by atoms with van der Waals surface area (Å²) in [6.45, 7) is 3.21. The third-order valence-electron chi connectivity index (χ3n) is 1.61. The Morgan fingerprint density at radius 1 is 1.75 bits per heavy atom. The highest BCUT2D eigenvalue weighted by Gasteiger charge is 2.26. The molecule has 66 valence electrons. The molecule has 0 spiro atoms. The summed E-state index contributed by atoms with van der Waals surface area (Å²) in [6, 6.07) is 0. The van der Waals surface area contributed by atoms with Crippen molar-refractivity contribution in [3.05, 3.63) is 0 Å². The van der Waals surface area contributed by atoms with E-state index in [0.717, 1.165) is 0 Å². The van der Waals surface area contributed by atoms with Crippen LogP contribution < -0.4 is 0 Å². The topological polar surface area (TPSA) is 41.9 Å². The molecule has 12 heavy (non-hydrogen) atoms. The molecule has 1 heterocycles. The van der Waals surface area contributed by atoms with Crippen molar-refractivity contribution in [2.75, 3.05) is 7.05 Å². The fourth-order valence-electron chi connectivity index (χ4n) is 0.838. The normalized spacial score (nSPS) is 22.6. The average Bonchev–Trinajstić information content (AvgIpc) is 2.17. The summed E-state index contributed by atoms with van der Waals surface area (Å²) in [5.74, 6) is -0.133. The van der Waals surface area contributed by atoms with Crippen molar-refractivity contribution in [3.8, 4) is 0 Å². The first-order valence-electron chi connectivity index (χ1n) is 3.55. The summed E-state index contributed by atoms with van der Waals surface area (Å²) in [5.41, 5.74) is 0. The van der Waals surface area contributed by atoms with Gasteiger partial charge in [-0.05, 0) is 6.92 Å². The maximum Gasteiger partial charge on any atom is 0.309 e. The Hall–Kier alpha value is -0.970. The van der Waals surface area contributed by atoms with Gasteiger partial charge in [-0.2, -0.15) is 0 Å². The number of hydrogen-bond donors (Lipinski definition) is 0. The molecule has 0 fully saturated rings. The molecule has 4 nitrogen and oxygen atoms in total. The number of nitrogens with zero attached hydrogens (tertiary/aromatic N) is 2. The number of likely N-dealkylation sites (N-methyl/N-ethyl adjacent to an activating group) is 1. The summed E-state index contributed by atoms with van der Waals surface area (Å²) >= 11 is 4.98. The molecule has 1 unspecified atom stereocenters. The molecule has 1 atom stereocenters. The largest absolute Gasteiger partial charge is 0.405 e. The van der Waals surface area contributed by atoms with Crippen molar-refractivity contribution in [2.24, 2.45) is 4.99 Å². The zero-order valence-electron chi connectivity index (χ0n) is 7.20. The van der Waals surface area contributed by atoms with E-state index in [1.54, 1.807) is 4.90 Å². The number of ether oxygens (including phenoxy) is 1. The van der Waals surface area contributed by atoms with Gasteiger partial charge < -0.3 is 9.64 Å². The lowest BCUT2D eigenvalue weighted by Gasteiger charge is -2.14. The van der Waals surface area contributed by atoms with Crippen molar-refractivity contribution in [1.29, 1.82) is 0 Å². The van der Waals surface area contributed by atoms with E-state index >= 15 is 0 Å². The van der Waals surface area contributed by atoms with E-state index in [1.165, 1.54) is 6.92 Å². The van der Waals surface area contributed by atoms with Crippen LogP contribution in [0.4, 0.5) is 0 Å². The smallest absolute Gasteiger partial charge is 0.309 e. The van der Waals surface area contributed by atoms with Crippen molar-refractivity contribution in [3.63, 3.8) is 0 Å². The van der Waals surface area contributed by atoms with Crippen molar-refractivity contribution in [1.82, 2.24) is 4.90 Å². The van der Waals surface area contributed by atoms with E-state index in [9.17, 15) is 4.79 Å². The molecule has 0 aromatic carbocycles. The van der Waals surface area contributed by atoms with Crippen LogP contribution in [0, 0.1) is 0 Å². The summed E-state index contributed by atoms with van der Waals surface area (Å²) in [5, 5.41) is 0. The second-order valence-electron chi connectivity index (χ2n) is 2.58. The van der Waals surface area contributed by atoms with Crippen LogP contribution in [-0.2, 0) is 9.53 Å². The lowest BCUT2D eigenvalue weighted by molar-refractivity contribution is -0.132. The van der Waals surface area contributed by atoms with Crippen LogP contribution in [0.25, 0.3) is 0 Å². The van der Waals surface area contributed by atoms with Gasteiger partial charge in [-0.3, -0.25) is 4.79 Å². The van der Waals surface area contributed by atoms with E-state index in [2.05, 4.69) is 4.99 Å². The Bertz CT molecular complexity index is 262. The van der Waals surface area contributed by atoms with Crippen LogP contribution in [0.1, 0.15) is 13.8 Å². The van der Waals surface area contributed by atoms with Crippen LogP contribution in [0.2, 0.25) is 0 Å². The highest BCUT2D eigenvalue weighted by molar-refractivity contribution is 7.82. The number of esters is 1. The Labute approximate surface area is 76.2 Å². The zero-order valence-corrected chi connectivity index (χ0v) is 8.01. The monoisotopic (exact) mass is 186 g/mol. The summed E-state index contributed by atoms with van der Waals surface area (Å²) in [4.78, 5) is 16.9. The lowest BCUT2D eigenvalue weighted by Crippen LogP contribution is -2.30. The van der Waals surface area contributed by atoms with Crippen LogP contribution >= 0.6 is 12.2 Å². The zero-order chi connectivity index (χ0) is 9.30. The van der Waals surface area contributed by atoms with Gasteiger partial charge in [-0.15, -0.1) is 0 Å². The number of aliphatic imine (C=N–C) groups is 1. The first-order chi connectivity index (χ1) is 5.52. The van der Waals surface area contributed by atoms with Gasteiger partial charge in [-0.1, -0.05) is 12.2 Å². The summed E-state index contributed by atoms with van der Waals surface area (Å²) < 4.78 is 4.79. The van der Waals surface area contributed by atoms with Gasteiger partial charge in [0.05, 0.1) is 0 Å². The van der Waals surface area contributed by atoms with Gasteiger partial charge in [0.25, 0.3) is 5.90 Å². The van der Waals surface area contributed by atoms with Crippen LogP contribution in [0.5, 0.6) is 0 Å². The molecular weight excluding hydrogens is 176 g/mol. The van der Waals surface area contributed by atoms with Crippen LogP contribution in [-0.4, -0.2) is 35.0 Å². The predicted molar refractivity (Wildman–Crippen MR) is 49.0 cm³/mol. The summed E-state index contributed by atoms with van der Waals surface area (Å²) in [7, 11) is 1.81. The molecule has 1 rings (SSSR count). The minimum Gasteiger partial charge on any atom is -0.405 e. The van der Waals surface area contributed by atoms with E-state index in [0.29, 0.717) is 4.99 Å². The number of carbonyl (C=O) groups is 1. The molecule has 0 amide bonds. The van der Waals surface area contributed by atoms with Gasteiger partial charge in [0.1, 0.15) is 6.17 Å². The van der Waals surface area contributed by atoms with Gasteiger partial charge >= 0.3 is 5.97 Å². The third-order valence-corrected chi connectivity index (χ3v) is 2.07. The molecule has 1 aliphatic heterocycles. The molecule has 0 saturated carbocycles. The molecule has 1 aliphatic rings. The Morgan fingerprint density at radius 2 is 2.33 bits per heavy atom. The van der Waals surface area contributed by atoms with Gasteiger partial charge in [-0.25, -0.2) is 4.99 Å². The van der Waals surface area contributed by atoms with Gasteiger partial charge in [0.2, 0.25) is 0 Å².